The van der Waals surface area contributed by atoms with Gasteiger partial charge in [0.1, 0.15) is 0 Å². The largest absolute Gasteiger partial charge is 0.326 e. The van der Waals surface area contributed by atoms with Crippen molar-refractivity contribution in [2.75, 3.05) is 6.54 Å². The molecule has 0 amide bonds. The first kappa shape index (κ1) is 5.51. The highest BCUT2D eigenvalue weighted by Crippen LogP contribution is 2.11. The van der Waals surface area contributed by atoms with E-state index in [4.69, 9.17) is 5.73 Å². The van der Waals surface area contributed by atoms with Gasteiger partial charge in [-0.1, -0.05) is 6.08 Å². The van der Waals surface area contributed by atoms with Gasteiger partial charge in [-0.25, -0.2) is 0 Å². The van der Waals surface area contributed by atoms with Crippen molar-refractivity contribution in [3.8, 4) is 0 Å². The standard InChI is InChI=1S/C6H9NO/c7-4-5-2-1-3-6(5)8/h2H,1,3-4,7H2. The summed E-state index contributed by atoms with van der Waals surface area (Å²) in [5, 5.41) is 0. The van der Waals surface area contributed by atoms with Gasteiger partial charge in [0.05, 0.1) is 0 Å². The fraction of sp³-hybridized carbons (Fsp3) is 0.500. The third-order valence-corrected chi connectivity index (χ3v) is 1.34. The van der Waals surface area contributed by atoms with Crippen LogP contribution in [0.15, 0.2) is 11.6 Å². The molecule has 1 aliphatic rings. The Bertz CT molecular complexity index is 137. The quantitative estimate of drug-likeness (QED) is 0.526. The van der Waals surface area contributed by atoms with Crippen LogP contribution in [0.5, 0.6) is 0 Å². The third-order valence-electron chi connectivity index (χ3n) is 1.34. The van der Waals surface area contributed by atoms with Crippen LogP contribution in [0, 0.1) is 0 Å². The van der Waals surface area contributed by atoms with Crippen molar-refractivity contribution in [3.05, 3.63) is 11.6 Å². The van der Waals surface area contributed by atoms with E-state index in [0.29, 0.717) is 13.0 Å². The Hall–Kier alpha value is -0.630. The predicted octanol–water partition coefficient (Wildman–Crippen LogP) is 0.234. The average Bonchev–Trinajstić information content (AvgIpc) is 2.14. The molecule has 2 heteroatoms. The molecular weight excluding hydrogens is 102 g/mol. The molecule has 0 spiro atoms. The van der Waals surface area contributed by atoms with Crippen LogP contribution in [-0.2, 0) is 4.79 Å². The molecule has 0 aromatic carbocycles. The molecule has 0 fully saturated rings. The number of hydrogen-bond donors (Lipinski definition) is 1. The molecule has 2 N–H and O–H groups in total. The fourth-order valence-corrected chi connectivity index (χ4v) is 0.849. The number of Topliss-reactive ketones (excluding diaryl/α,β-unsaturated/α-hetero) is 1. The Morgan fingerprint density at radius 3 is 2.75 bits per heavy atom. The van der Waals surface area contributed by atoms with Gasteiger partial charge in [0.2, 0.25) is 0 Å². The molecule has 0 aliphatic heterocycles. The SMILES string of the molecule is NCC1=CCCC1=O. The van der Waals surface area contributed by atoms with Gasteiger partial charge >= 0.3 is 0 Å². The molecule has 8 heavy (non-hydrogen) atoms. The van der Waals surface area contributed by atoms with E-state index in [-0.39, 0.29) is 5.78 Å². The second-order valence-electron chi connectivity index (χ2n) is 1.90. The molecule has 2 nitrogen and oxygen atoms in total. The van der Waals surface area contributed by atoms with E-state index in [2.05, 4.69) is 0 Å². The zero-order valence-corrected chi connectivity index (χ0v) is 4.68. The zero-order chi connectivity index (χ0) is 5.98. The number of allylic oxidation sites excluding steroid dienone is 1. The molecule has 0 radical (unpaired) electrons. The van der Waals surface area contributed by atoms with Crippen LogP contribution in [0.25, 0.3) is 0 Å². The lowest BCUT2D eigenvalue weighted by molar-refractivity contribution is -0.114. The van der Waals surface area contributed by atoms with Crippen LogP contribution in [0.2, 0.25) is 0 Å². The molecule has 0 saturated carbocycles. The van der Waals surface area contributed by atoms with Gasteiger partial charge in [0, 0.05) is 18.5 Å². The second kappa shape index (κ2) is 2.09. The molecule has 0 aromatic heterocycles. The summed E-state index contributed by atoms with van der Waals surface area (Å²) in [4.78, 5) is 10.7. The minimum Gasteiger partial charge on any atom is -0.326 e. The number of rotatable bonds is 1. The monoisotopic (exact) mass is 111 g/mol. The molecule has 1 aliphatic carbocycles. The van der Waals surface area contributed by atoms with Crippen molar-refractivity contribution in [3.63, 3.8) is 0 Å². The van der Waals surface area contributed by atoms with Crippen LogP contribution >= 0.6 is 0 Å². The third kappa shape index (κ3) is 0.793. The second-order valence-corrected chi connectivity index (χ2v) is 1.90. The summed E-state index contributed by atoms with van der Waals surface area (Å²) in [5.41, 5.74) is 6.05. The van der Waals surface area contributed by atoms with Gasteiger partial charge in [-0.2, -0.15) is 0 Å². The van der Waals surface area contributed by atoms with Crippen LogP contribution in [0.4, 0.5) is 0 Å². The summed E-state index contributed by atoms with van der Waals surface area (Å²) in [6.45, 7) is 0.416. The Morgan fingerprint density at radius 2 is 2.50 bits per heavy atom. The van der Waals surface area contributed by atoms with Crippen molar-refractivity contribution >= 4 is 5.78 Å². The Kier molecular flexibility index (Phi) is 1.44. The molecule has 0 atom stereocenters. The Balaban J connectivity index is 2.62. The van der Waals surface area contributed by atoms with Crippen LogP contribution < -0.4 is 5.73 Å². The van der Waals surface area contributed by atoms with Gasteiger partial charge in [-0.05, 0) is 6.42 Å². The smallest absolute Gasteiger partial charge is 0.160 e. The number of ketones is 1. The van der Waals surface area contributed by atoms with E-state index in [0.717, 1.165) is 12.0 Å². The summed E-state index contributed by atoms with van der Waals surface area (Å²) < 4.78 is 0. The molecule has 0 unspecified atom stereocenters. The topological polar surface area (TPSA) is 43.1 Å². The number of hydrogen-bond acceptors (Lipinski definition) is 2. The Morgan fingerprint density at radius 1 is 1.75 bits per heavy atom. The van der Waals surface area contributed by atoms with Crippen molar-refractivity contribution in [1.82, 2.24) is 0 Å². The lowest BCUT2D eigenvalue weighted by Crippen LogP contribution is -2.08. The number of nitrogens with two attached hydrogens (primary N) is 1. The fourth-order valence-electron chi connectivity index (χ4n) is 0.849. The van der Waals surface area contributed by atoms with Crippen molar-refractivity contribution in [2.24, 2.45) is 5.73 Å². The highest BCUT2D eigenvalue weighted by molar-refractivity contribution is 5.97. The van der Waals surface area contributed by atoms with E-state index >= 15 is 0 Å². The Labute approximate surface area is 48.4 Å². The molecule has 0 saturated heterocycles. The highest BCUT2D eigenvalue weighted by Gasteiger charge is 2.11. The van der Waals surface area contributed by atoms with Crippen LogP contribution in [0.3, 0.4) is 0 Å². The highest BCUT2D eigenvalue weighted by atomic mass is 16.1. The number of carbonyl (C=O) groups is 1. The lowest BCUT2D eigenvalue weighted by atomic mass is 10.2. The maximum atomic E-state index is 10.7. The van der Waals surface area contributed by atoms with Gasteiger partial charge in [0.25, 0.3) is 0 Å². The van der Waals surface area contributed by atoms with Crippen molar-refractivity contribution in [1.29, 1.82) is 0 Å². The lowest BCUT2D eigenvalue weighted by Gasteiger charge is -1.89. The first-order chi connectivity index (χ1) is 3.84. The van der Waals surface area contributed by atoms with E-state index in [1.807, 2.05) is 6.08 Å². The maximum absolute atomic E-state index is 10.7. The van der Waals surface area contributed by atoms with Crippen LogP contribution in [-0.4, -0.2) is 12.3 Å². The summed E-state index contributed by atoms with van der Waals surface area (Å²) >= 11 is 0. The molecule has 0 heterocycles. The maximum Gasteiger partial charge on any atom is 0.160 e. The molecule has 0 aromatic rings. The van der Waals surface area contributed by atoms with E-state index < -0.39 is 0 Å². The minimum absolute atomic E-state index is 0.229. The van der Waals surface area contributed by atoms with Gasteiger partial charge < -0.3 is 5.73 Å². The van der Waals surface area contributed by atoms with Gasteiger partial charge in [0.15, 0.2) is 5.78 Å². The van der Waals surface area contributed by atoms with E-state index in [1.54, 1.807) is 0 Å². The molecule has 44 valence electrons. The molecule has 1 rings (SSSR count). The normalized spacial score (nSPS) is 19.1. The summed E-state index contributed by atoms with van der Waals surface area (Å²) in [5.74, 6) is 0.229. The summed E-state index contributed by atoms with van der Waals surface area (Å²) in [7, 11) is 0. The van der Waals surface area contributed by atoms with Crippen LogP contribution in [0.1, 0.15) is 12.8 Å². The zero-order valence-electron chi connectivity index (χ0n) is 4.68. The summed E-state index contributed by atoms with van der Waals surface area (Å²) in [6.07, 6.45) is 3.49. The first-order valence-corrected chi connectivity index (χ1v) is 2.77. The molecule has 0 bridgehead atoms. The average molecular weight is 111 g/mol. The molecular formula is C6H9NO. The van der Waals surface area contributed by atoms with E-state index in [1.165, 1.54) is 0 Å². The first-order valence-electron chi connectivity index (χ1n) is 2.77. The minimum atomic E-state index is 0.229. The summed E-state index contributed by atoms with van der Waals surface area (Å²) in [6, 6.07) is 0. The van der Waals surface area contributed by atoms with Gasteiger partial charge in [-0.3, -0.25) is 4.79 Å². The van der Waals surface area contributed by atoms with Crippen molar-refractivity contribution < 1.29 is 4.79 Å². The predicted molar refractivity (Wildman–Crippen MR) is 31.4 cm³/mol. The number of carbonyl (C=O) groups excluding carboxylic acids is 1. The van der Waals surface area contributed by atoms with E-state index in [9.17, 15) is 4.79 Å². The van der Waals surface area contributed by atoms with Crippen molar-refractivity contribution in [2.45, 2.75) is 12.8 Å². The van der Waals surface area contributed by atoms with Gasteiger partial charge in [-0.15, -0.1) is 0 Å².